The monoisotopic (exact) mass is 337 g/mol. The summed E-state index contributed by atoms with van der Waals surface area (Å²) >= 11 is 0. The van der Waals surface area contributed by atoms with Crippen molar-refractivity contribution in [1.82, 2.24) is 0 Å². The summed E-state index contributed by atoms with van der Waals surface area (Å²) < 4.78 is 0. The van der Waals surface area contributed by atoms with Crippen LogP contribution < -0.4 is 5.32 Å². The first-order valence-electron chi connectivity index (χ1n) is 9.48. The van der Waals surface area contributed by atoms with Gasteiger partial charge in [-0.2, -0.15) is 0 Å². The van der Waals surface area contributed by atoms with E-state index < -0.39 is 0 Å². The molecule has 0 radical (unpaired) electrons. The predicted molar refractivity (Wildman–Crippen MR) is 107 cm³/mol. The number of carbonyl (C=O) groups excluding carboxylic acids is 1. The van der Waals surface area contributed by atoms with Crippen molar-refractivity contribution in [3.63, 3.8) is 0 Å². The fourth-order valence-electron chi connectivity index (χ4n) is 2.95. The van der Waals surface area contributed by atoms with Crippen LogP contribution in [0.4, 0.5) is 5.69 Å². The summed E-state index contributed by atoms with van der Waals surface area (Å²) in [6.45, 7) is 8.60. The summed E-state index contributed by atoms with van der Waals surface area (Å²) in [6.07, 6.45) is 4.58. The van der Waals surface area contributed by atoms with E-state index in [9.17, 15) is 4.79 Å². The van der Waals surface area contributed by atoms with Gasteiger partial charge in [0, 0.05) is 5.69 Å². The molecule has 0 aliphatic heterocycles. The fourth-order valence-corrected chi connectivity index (χ4v) is 2.95. The van der Waals surface area contributed by atoms with Gasteiger partial charge in [-0.1, -0.05) is 63.6 Å². The van der Waals surface area contributed by atoms with Crippen LogP contribution in [0, 0.1) is 5.92 Å². The Bertz CT molecular complexity index is 655. The second-order valence-corrected chi connectivity index (χ2v) is 7.35. The molecule has 0 saturated carbocycles. The first kappa shape index (κ1) is 19.2. The number of hydrogen-bond donors (Lipinski definition) is 1. The molecule has 1 amide bonds. The van der Waals surface area contributed by atoms with Crippen LogP contribution in [-0.4, -0.2) is 5.91 Å². The van der Waals surface area contributed by atoms with E-state index in [0.29, 0.717) is 5.92 Å². The molecule has 2 aromatic rings. The Hall–Kier alpha value is -2.09. The van der Waals surface area contributed by atoms with Crippen LogP contribution in [0.1, 0.15) is 63.1 Å². The number of unbranched alkanes of at least 4 members (excludes halogenated alkanes) is 1. The van der Waals surface area contributed by atoms with Gasteiger partial charge in [0.1, 0.15) is 0 Å². The van der Waals surface area contributed by atoms with Gasteiger partial charge in [0.05, 0.1) is 5.92 Å². The van der Waals surface area contributed by atoms with E-state index in [4.69, 9.17) is 0 Å². The molecule has 1 N–H and O–H groups in total. The van der Waals surface area contributed by atoms with Gasteiger partial charge in [-0.25, -0.2) is 0 Å². The smallest absolute Gasteiger partial charge is 0.231 e. The van der Waals surface area contributed by atoms with Crippen molar-refractivity contribution in [3.8, 4) is 0 Å². The van der Waals surface area contributed by atoms with Crippen LogP contribution in [0.25, 0.3) is 0 Å². The van der Waals surface area contributed by atoms with Gasteiger partial charge in [0.15, 0.2) is 0 Å². The Balaban J connectivity index is 1.95. The molecule has 2 rings (SSSR count). The first-order valence-corrected chi connectivity index (χ1v) is 9.48. The number of hydrogen-bond acceptors (Lipinski definition) is 1. The molecule has 0 aromatic heterocycles. The standard InChI is InChI=1S/C23H31NO/c1-5-6-7-19-10-14-22(15-11-19)24-23(25)18(4)21-12-8-20(9-13-21)16-17(2)3/h8-15,17-18H,5-7,16H2,1-4H3,(H,24,25)/t18-/m1/s1. The SMILES string of the molecule is CCCCc1ccc(NC(=O)[C@H](C)c2ccc(CC(C)C)cc2)cc1. The normalized spacial score (nSPS) is 12.2. The van der Waals surface area contributed by atoms with Crippen LogP contribution in [0.5, 0.6) is 0 Å². The van der Waals surface area contributed by atoms with Crippen LogP contribution in [0.3, 0.4) is 0 Å². The maximum absolute atomic E-state index is 12.5. The van der Waals surface area contributed by atoms with Crippen LogP contribution in [0.2, 0.25) is 0 Å². The van der Waals surface area contributed by atoms with Crippen molar-refractivity contribution in [2.75, 3.05) is 5.32 Å². The van der Waals surface area contributed by atoms with Crippen molar-refractivity contribution >= 4 is 11.6 Å². The van der Waals surface area contributed by atoms with E-state index in [1.165, 1.54) is 24.0 Å². The van der Waals surface area contributed by atoms with E-state index in [2.05, 4.69) is 62.5 Å². The highest BCUT2D eigenvalue weighted by atomic mass is 16.1. The number of nitrogens with one attached hydrogen (secondary N) is 1. The molecule has 0 saturated heterocycles. The van der Waals surface area contributed by atoms with Crippen molar-refractivity contribution in [3.05, 3.63) is 65.2 Å². The number of aryl methyl sites for hydroxylation is 1. The van der Waals surface area contributed by atoms with E-state index in [1.54, 1.807) is 0 Å². The Morgan fingerprint density at radius 3 is 2.08 bits per heavy atom. The molecule has 1 atom stereocenters. The van der Waals surface area contributed by atoms with Crippen LogP contribution in [-0.2, 0) is 17.6 Å². The lowest BCUT2D eigenvalue weighted by Gasteiger charge is -2.14. The summed E-state index contributed by atoms with van der Waals surface area (Å²) in [7, 11) is 0. The molecule has 2 aromatic carbocycles. The lowest BCUT2D eigenvalue weighted by Crippen LogP contribution is -2.18. The molecule has 0 fully saturated rings. The highest BCUT2D eigenvalue weighted by molar-refractivity contribution is 5.95. The van der Waals surface area contributed by atoms with E-state index >= 15 is 0 Å². The summed E-state index contributed by atoms with van der Waals surface area (Å²) in [5, 5.41) is 3.03. The molecular weight excluding hydrogens is 306 g/mol. The molecule has 0 bridgehead atoms. The third-order valence-corrected chi connectivity index (χ3v) is 4.56. The number of benzene rings is 2. The van der Waals surface area contributed by atoms with E-state index in [1.807, 2.05) is 19.1 Å². The first-order chi connectivity index (χ1) is 12.0. The maximum atomic E-state index is 12.5. The largest absolute Gasteiger partial charge is 0.326 e. The summed E-state index contributed by atoms with van der Waals surface area (Å²) in [6, 6.07) is 16.7. The quantitative estimate of drug-likeness (QED) is 0.631. The number of amides is 1. The molecular formula is C23H31NO. The average Bonchev–Trinajstić information content (AvgIpc) is 2.60. The Morgan fingerprint density at radius 1 is 0.920 bits per heavy atom. The van der Waals surface area contributed by atoms with Crippen molar-refractivity contribution in [1.29, 1.82) is 0 Å². The third-order valence-electron chi connectivity index (χ3n) is 4.56. The molecule has 0 heterocycles. The van der Waals surface area contributed by atoms with Gasteiger partial charge in [0.2, 0.25) is 5.91 Å². The molecule has 0 spiro atoms. The zero-order valence-electron chi connectivity index (χ0n) is 16.0. The second kappa shape index (κ2) is 9.41. The van der Waals surface area contributed by atoms with Crippen LogP contribution in [0.15, 0.2) is 48.5 Å². The lowest BCUT2D eigenvalue weighted by atomic mass is 9.96. The van der Waals surface area contributed by atoms with Crippen molar-refractivity contribution in [2.45, 2.75) is 59.3 Å². The number of carbonyl (C=O) groups is 1. The zero-order valence-corrected chi connectivity index (χ0v) is 16.0. The van der Waals surface area contributed by atoms with Crippen molar-refractivity contribution < 1.29 is 4.79 Å². The zero-order chi connectivity index (χ0) is 18.2. The Morgan fingerprint density at radius 2 is 1.52 bits per heavy atom. The van der Waals surface area contributed by atoms with Crippen LogP contribution >= 0.6 is 0 Å². The summed E-state index contributed by atoms with van der Waals surface area (Å²) in [4.78, 5) is 12.5. The van der Waals surface area contributed by atoms with E-state index in [-0.39, 0.29) is 11.8 Å². The highest BCUT2D eigenvalue weighted by Gasteiger charge is 2.15. The third kappa shape index (κ3) is 6.04. The second-order valence-electron chi connectivity index (χ2n) is 7.35. The molecule has 134 valence electrons. The Labute approximate surface area is 152 Å². The highest BCUT2D eigenvalue weighted by Crippen LogP contribution is 2.20. The molecule has 0 aliphatic rings. The number of anilines is 1. The molecule has 0 aliphatic carbocycles. The predicted octanol–water partition coefficient (Wildman–Crippen LogP) is 5.97. The minimum absolute atomic E-state index is 0.0397. The fraction of sp³-hybridized carbons (Fsp3) is 0.435. The lowest BCUT2D eigenvalue weighted by molar-refractivity contribution is -0.117. The summed E-state index contributed by atoms with van der Waals surface area (Å²) in [5.74, 6) is 0.526. The Kier molecular flexibility index (Phi) is 7.24. The minimum Gasteiger partial charge on any atom is -0.326 e. The molecule has 25 heavy (non-hydrogen) atoms. The van der Waals surface area contributed by atoms with Gasteiger partial charge < -0.3 is 5.32 Å². The molecule has 2 heteroatoms. The average molecular weight is 338 g/mol. The minimum atomic E-state index is -0.159. The van der Waals surface area contributed by atoms with Gasteiger partial charge in [-0.15, -0.1) is 0 Å². The van der Waals surface area contributed by atoms with Crippen molar-refractivity contribution in [2.24, 2.45) is 5.92 Å². The summed E-state index contributed by atoms with van der Waals surface area (Å²) in [5.41, 5.74) is 4.58. The van der Waals surface area contributed by atoms with Gasteiger partial charge >= 0.3 is 0 Å². The van der Waals surface area contributed by atoms with E-state index in [0.717, 1.165) is 24.1 Å². The number of rotatable bonds is 8. The van der Waals surface area contributed by atoms with Gasteiger partial charge in [-0.3, -0.25) is 4.79 Å². The topological polar surface area (TPSA) is 29.1 Å². The van der Waals surface area contributed by atoms with Gasteiger partial charge in [-0.05, 0) is 60.9 Å². The maximum Gasteiger partial charge on any atom is 0.231 e. The van der Waals surface area contributed by atoms with Gasteiger partial charge in [0.25, 0.3) is 0 Å². The molecule has 0 unspecified atom stereocenters. The molecule has 2 nitrogen and oxygen atoms in total.